The summed E-state index contributed by atoms with van der Waals surface area (Å²) >= 11 is 0. The lowest BCUT2D eigenvalue weighted by atomic mass is 9.97. The topological polar surface area (TPSA) is 95.8 Å². The molecular formula is C19H23N7. The Balaban J connectivity index is 1.55. The maximum absolute atomic E-state index is 6.70. The van der Waals surface area contributed by atoms with Gasteiger partial charge in [0, 0.05) is 48.0 Å². The van der Waals surface area contributed by atoms with Crippen LogP contribution in [0.25, 0.3) is 22.2 Å². The Morgan fingerprint density at radius 2 is 2.15 bits per heavy atom. The Kier molecular flexibility index (Phi) is 3.65. The summed E-state index contributed by atoms with van der Waals surface area (Å²) in [4.78, 5) is 10.2. The van der Waals surface area contributed by atoms with Crippen molar-refractivity contribution < 1.29 is 0 Å². The molecule has 1 saturated heterocycles. The molecule has 4 N–H and O–H groups in total. The van der Waals surface area contributed by atoms with E-state index >= 15 is 0 Å². The Hall–Kier alpha value is -2.51. The largest absolute Gasteiger partial charge is 0.368 e. The zero-order valence-electron chi connectivity index (χ0n) is 14.7. The molecule has 0 spiro atoms. The monoisotopic (exact) mass is 349 g/mol. The molecule has 2 aliphatic rings. The van der Waals surface area contributed by atoms with E-state index in [0.29, 0.717) is 6.04 Å². The van der Waals surface area contributed by atoms with Crippen molar-refractivity contribution in [2.45, 2.75) is 37.4 Å². The highest BCUT2D eigenvalue weighted by Gasteiger charge is 2.37. The molecule has 7 nitrogen and oxygen atoms in total. The highest BCUT2D eigenvalue weighted by Crippen LogP contribution is 2.36. The zero-order valence-corrected chi connectivity index (χ0v) is 14.7. The minimum Gasteiger partial charge on any atom is -0.368 e. The van der Waals surface area contributed by atoms with Gasteiger partial charge in [-0.2, -0.15) is 10.2 Å². The molecule has 1 saturated carbocycles. The van der Waals surface area contributed by atoms with Crippen LogP contribution in [-0.4, -0.2) is 45.0 Å². The van der Waals surface area contributed by atoms with Gasteiger partial charge in [0.2, 0.25) is 0 Å². The number of H-pyrrole nitrogens is 1. The lowest BCUT2D eigenvalue weighted by molar-refractivity contribution is 0.276. The number of pyridine rings is 1. The molecule has 5 rings (SSSR count). The van der Waals surface area contributed by atoms with E-state index in [4.69, 9.17) is 5.73 Å². The third kappa shape index (κ3) is 2.83. The fraction of sp³-hybridized carbons (Fsp3) is 0.421. The molecule has 1 aliphatic carbocycles. The molecule has 2 fully saturated rings. The van der Waals surface area contributed by atoms with E-state index in [9.17, 15) is 0 Å². The van der Waals surface area contributed by atoms with Gasteiger partial charge in [0.1, 0.15) is 5.65 Å². The SMILES string of the molecule is N[C@@]1(NC2CC2)CCCN(c2ccnc3[nH]cc(-c4ccnnc4)c23)C1. The second-order valence-electron chi connectivity index (χ2n) is 7.49. The van der Waals surface area contributed by atoms with E-state index in [0.717, 1.165) is 48.1 Å². The summed E-state index contributed by atoms with van der Waals surface area (Å²) in [6.07, 6.45) is 12.0. The first-order chi connectivity index (χ1) is 12.7. The molecule has 3 aromatic heterocycles. The number of piperidine rings is 1. The highest BCUT2D eigenvalue weighted by molar-refractivity contribution is 6.02. The van der Waals surface area contributed by atoms with Gasteiger partial charge in [-0.1, -0.05) is 0 Å². The number of anilines is 1. The van der Waals surface area contributed by atoms with Crippen LogP contribution >= 0.6 is 0 Å². The van der Waals surface area contributed by atoms with Crippen LogP contribution in [0, 0.1) is 0 Å². The van der Waals surface area contributed by atoms with E-state index in [1.54, 1.807) is 12.4 Å². The summed E-state index contributed by atoms with van der Waals surface area (Å²) in [5.74, 6) is 0. The highest BCUT2D eigenvalue weighted by atomic mass is 15.3. The number of hydrogen-bond donors (Lipinski definition) is 3. The maximum Gasteiger partial charge on any atom is 0.139 e. The van der Waals surface area contributed by atoms with Crippen LogP contribution < -0.4 is 16.0 Å². The van der Waals surface area contributed by atoms with Crippen molar-refractivity contribution in [3.63, 3.8) is 0 Å². The van der Waals surface area contributed by atoms with Crippen molar-refractivity contribution in [1.82, 2.24) is 25.5 Å². The lowest BCUT2D eigenvalue weighted by Crippen LogP contribution is -2.63. The van der Waals surface area contributed by atoms with Crippen LogP contribution in [0.1, 0.15) is 25.7 Å². The van der Waals surface area contributed by atoms with Crippen LogP contribution in [0.3, 0.4) is 0 Å². The average molecular weight is 349 g/mol. The van der Waals surface area contributed by atoms with Crippen LogP contribution in [0.15, 0.2) is 36.9 Å². The molecule has 4 heterocycles. The number of hydrogen-bond acceptors (Lipinski definition) is 6. The number of nitrogens with one attached hydrogen (secondary N) is 2. The van der Waals surface area contributed by atoms with Gasteiger partial charge in [0.25, 0.3) is 0 Å². The number of rotatable bonds is 4. The van der Waals surface area contributed by atoms with Gasteiger partial charge in [-0.05, 0) is 37.8 Å². The molecule has 0 unspecified atom stereocenters. The summed E-state index contributed by atoms with van der Waals surface area (Å²) in [7, 11) is 0. The third-order valence-corrected chi connectivity index (χ3v) is 5.38. The summed E-state index contributed by atoms with van der Waals surface area (Å²) in [6, 6.07) is 4.67. The number of aromatic amines is 1. The third-order valence-electron chi connectivity index (χ3n) is 5.38. The molecule has 3 aromatic rings. The smallest absolute Gasteiger partial charge is 0.139 e. The first-order valence-corrected chi connectivity index (χ1v) is 9.27. The summed E-state index contributed by atoms with van der Waals surface area (Å²) in [5.41, 5.74) is 10.6. The van der Waals surface area contributed by atoms with E-state index < -0.39 is 0 Å². The first kappa shape index (κ1) is 15.7. The van der Waals surface area contributed by atoms with Crippen LogP contribution in [0.2, 0.25) is 0 Å². The quantitative estimate of drug-likeness (QED) is 0.624. The molecular weight excluding hydrogens is 326 g/mol. The Morgan fingerprint density at radius 1 is 1.23 bits per heavy atom. The fourth-order valence-electron chi connectivity index (χ4n) is 4.02. The zero-order chi connectivity index (χ0) is 17.6. The molecule has 134 valence electrons. The lowest BCUT2D eigenvalue weighted by Gasteiger charge is -2.42. The van der Waals surface area contributed by atoms with E-state index in [1.165, 1.54) is 18.5 Å². The summed E-state index contributed by atoms with van der Waals surface area (Å²) < 4.78 is 0. The van der Waals surface area contributed by atoms with Crippen molar-refractivity contribution in [3.05, 3.63) is 36.9 Å². The normalized spacial score (nSPS) is 23.5. The van der Waals surface area contributed by atoms with E-state index in [2.05, 4.69) is 36.4 Å². The summed E-state index contributed by atoms with van der Waals surface area (Å²) in [6.45, 7) is 1.81. The van der Waals surface area contributed by atoms with Crippen molar-refractivity contribution in [1.29, 1.82) is 0 Å². The second-order valence-corrected chi connectivity index (χ2v) is 7.49. The Bertz CT molecular complexity index is 918. The molecule has 0 amide bonds. The van der Waals surface area contributed by atoms with Crippen molar-refractivity contribution in [3.8, 4) is 11.1 Å². The van der Waals surface area contributed by atoms with Crippen molar-refractivity contribution in [2.75, 3.05) is 18.0 Å². The van der Waals surface area contributed by atoms with Crippen molar-refractivity contribution in [2.24, 2.45) is 5.73 Å². The number of fused-ring (bicyclic) bond motifs is 1. The standard InChI is InChI=1S/C19H23N7/c20-19(25-14-2-3-14)6-1-9-26(12-19)16-5-7-21-18-17(16)15(11-22-18)13-4-8-23-24-10-13/h4-5,7-8,10-11,14,25H,1-3,6,9,12,20H2,(H,21,22)/t19-/m1/s1. The van der Waals surface area contributed by atoms with Gasteiger partial charge in [-0.25, -0.2) is 4.98 Å². The number of nitrogens with two attached hydrogens (primary N) is 1. The Morgan fingerprint density at radius 3 is 2.96 bits per heavy atom. The van der Waals surface area contributed by atoms with Gasteiger partial charge in [-0.15, -0.1) is 0 Å². The minimum absolute atomic E-state index is 0.316. The molecule has 0 radical (unpaired) electrons. The predicted molar refractivity (Wildman–Crippen MR) is 102 cm³/mol. The molecule has 1 aliphatic heterocycles. The molecule has 7 heteroatoms. The molecule has 0 bridgehead atoms. The van der Waals surface area contributed by atoms with Gasteiger partial charge in [0.15, 0.2) is 0 Å². The first-order valence-electron chi connectivity index (χ1n) is 9.27. The Labute approximate surface area is 152 Å². The molecule has 0 aromatic carbocycles. The minimum atomic E-state index is -0.316. The van der Waals surface area contributed by atoms with Gasteiger partial charge < -0.3 is 15.6 Å². The second kappa shape index (κ2) is 6.03. The maximum atomic E-state index is 6.70. The van der Waals surface area contributed by atoms with Crippen LogP contribution in [0.5, 0.6) is 0 Å². The van der Waals surface area contributed by atoms with Gasteiger partial charge in [-0.3, -0.25) is 5.32 Å². The number of aromatic nitrogens is 4. The van der Waals surface area contributed by atoms with Crippen LogP contribution in [-0.2, 0) is 0 Å². The number of nitrogens with zero attached hydrogens (tertiary/aromatic N) is 4. The van der Waals surface area contributed by atoms with E-state index in [-0.39, 0.29) is 5.66 Å². The van der Waals surface area contributed by atoms with Gasteiger partial charge >= 0.3 is 0 Å². The predicted octanol–water partition coefficient (Wildman–Crippen LogP) is 2.03. The van der Waals surface area contributed by atoms with E-state index in [1.807, 2.05) is 18.5 Å². The van der Waals surface area contributed by atoms with Crippen LogP contribution in [0.4, 0.5) is 5.69 Å². The average Bonchev–Trinajstić information content (AvgIpc) is 3.35. The molecule has 1 atom stereocenters. The molecule has 26 heavy (non-hydrogen) atoms. The fourth-order valence-corrected chi connectivity index (χ4v) is 4.02. The van der Waals surface area contributed by atoms with Gasteiger partial charge in [0.05, 0.1) is 23.7 Å². The summed E-state index contributed by atoms with van der Waals surface area (Å²) in [5, 5.41) is 12.7. The van der Waals surface area contributed by atoms with Crippen molar-refractivity contribution >= 4 is 16.7 Å².